The van der Waals surface area contributed by atoms with E-state index in [9.17, 15) is 18.0 Å². The number of amides is 1. The fourth-order valence-electron chi connectivity index (χ4n) is 2.47. The Kier molecular flexibility index (Phi) is 5.84. The zero-order valence-corrected chi connectivity index (χ0v) is 15.3. The van der Waals surface area contributed by atoms with Crippen LogP contribution in [-0.2, 0) is 6.54 Å². The SMILES string of the molecule is Cc1c(C(=O)NCc2ccc(F)c(Cl)c2)nnn1-c1ccc(OC(F)F)cc1. The van der Waals surface area contributed by atoms with Gasteiger partial charge in [0, 0.05) is 6.54 Å². The van der Waals surface area contributed by atoms with E-state index in [2.05, 4.69) is 20.4 Å². The first kappa shape index (κ1) is 19.7. The summed E-state index contributed by atoms with van der Waals surface area (Å²) in [6.45, 7) is -1.14. The molecule has 0 radical (unpaired) electrons. The number of nitrogens with one attached hydrogen (secondary N) is 1. The van der Waals surface area contributed by atoms with Gasteiger partial charge in [-0.3, -0.25) is 4.79 Å². The van der Waals surface area contributed by atoms with E-state index in [1.54, 1.807) is 6.92 Å². The van der Waals surface area contributed by atoms with Crippen molar-refractivity contribution < 1.29 is 22.7 Å². The summed E-state index contributed by atoms with van der Waals surface area (Å²) < 4.78 is 43.3. The molecule has 1 amide bonds. The number of rotatable bonds is 6. The van der Waals surface area contributed by atoms with Gasteiger partial charge in [-0.15, -0.1) is 5.10 Å². The van der Waals surface area contributed by atoms with Crippen molar-refractivity contribution in [3.05, 3.63) is 70.3 Å². The molecule has 0 spiro atoms. The highest BCUT2D eigenvalue weighted by atomic mass is 35.5. The van der Waals surface area contributed by atoms with Crippen LogP contribution in [-0.4, -0.2) is 27.5 Å². The lowest BCUT2D eigenvalue weighted by Crippen LogP contribution is -2.24. The molecule has 0 fully saturated rings. The molecule has 146 valence electrons. The number of carbonyl (C=O) groups excluding carboxylic acids is 1. The highest BCUT2D eigenvalue weighted by molar-refractivity contribution is 6.30. The smallest absolute Gasteiger partial charge is 0.387 e. The third-order valence-electron chi connectivity index (χ3n) is 3.85. The van der Waals surface area contributed by atoms with Crippen LogP contribution in [0.1, 0.15) is 21.7 Å². The molecule has 1 heterocycles. The molecule has 0 saturated heterocycles. The van der Waals surface area contributed by atoms with Crippen LogP contribution in [0.4, 0.5) is 13.2 Å². The Morgan fingerprint density at radius 3 is 2.61 bits per heavy atom. The lowest BCUT2D eigenvalue weighted by atomic mass is 10.2. The zero-order chi connectivity index (χ0) is 20.3. The fraction of sp³-hybridized carbons (Fsp3) is 0.167. The van der Waals surface area contributed by atoms with Gasteiger partial charge in [0.05, 0.1) is 16.4 Å². The van der Waals surface area contributed by atoms with E-state index in [4.69, 9.17) is 11.6 Å². The van der Waals surface area contributed by atoms with Gasteiger partial charge in [0.25, 0.3) is 5.91 Å². The number of alkyl halides is 2. The van der Waals surface area contributed by atoms with Gasteiger partial charge in [-0.25, -0.2) is 9.07 Å². The van der Waals surface area contributed by atoms with Crippen molar-refractivity contribution in [1.29, 1.82) is 0 Å². The van der Waals surface area contributed by atoms with Gasteiger partial charge in [0.2, 0.25) is 0 Å². The Morgan fingerprint density at radius 2 is 1.96 bits per heavy atom. The number of hydrogen-bond donors (Lipinski definition) is 1. The van der Waals surface area contributed by atoms with Crippen LogP contribution in [0.15, 0.2) is 42.5 Å². The predicted octanol–water partition coefficient (Wildman–Crippen LogP) is 3.90. The van der Waals surface area contributed by atoms with Gasteiger partial charge in [-0.1, -0.05) is 22.9 Å². The summed E-state index contributed by atoms with van der Waals surface area (Å²) in [4.78, 5) is 12.4. The van der Waals surface area contributed by atoms with Gasteiger partial charge in [-0.05, 0) is 48.9 Å². The van der Waals surface area contributed by atoms with Gasteiger partial charge in [0.1, 0.15) is 11.6 Å². The van der Waals surface area contributed by atoms with Crippen LogP contribution in [0.5, 0.6) is 5.75 Å². The highest BCUT2D eigenvalue weighted by Gasteiger charge is 2.17. The van der Waals surface area contributed by atoms with E-state index in [1.165, 1.54) is 47.1 Å². The molecule has 2 aromatic carbocycles. The van der Waals surface area contributed by atoms with Crippen molar-refractivity contribution in [3.63, 3.8) is 0 Å². The zero-order valence-electron chi connectivity index (χ0n) is 14.5. The molecule has 10 heteroatoms. The molecular formula is C18H14ClF3N4O2. The van der Waals surface area contributed by atoms with E-state index in [1.807, 2.05) is 0 Å². The molecule has 3 rings (SSSR count). The van der Waals surface area contributed by atoms with Crippen molar-refractivity contribution in [2.75, 3.05) is 0 Å². The molecule has 0 unspecified atom stereocenters. The second-order valence-corrected chi connectivity index (χ2v) is 6.15. The minimum absolute atomic E-state index is 0.00689. The average Bonchev–Trinajstić information content (AvgIpc) is 3.04. The summed E-state index contributed by atoms with van der Waals surface area (Å²) in [7, 11) is 0. The number of nitrogens with zero attached hydrogens (tertiary/aromatic N) is 3. The lowest BCUT2D eigenvalue weighted by Gasteiger charge is -2.07. The van der Waals surface area contributed by atoms with Gasteiger partial charge in [0.15, 0.2) is 5.69 Å². The monoisotopic (exact) mass is 410 g/mol. The lowest BCUT2D eigenvalue weighted by molar-refractivity contribution is -0.0498. The van der Waals surface area contributed by atoms with Crippen LogP contribution in [0.25, 0.3) is 5.69 Å². The minimum atomic E-state index is -2.91. The maximum atomic E-state index is 13.2. The third kappa shape index (κ3) is 4.42. The van der Waals surface area contributed by atoms with Crippen LogP contribution < -0.4 is 10.1 Å². The summed E-state index contributed by atoms with van der Waals surface area (Å²) in [6.07, 6.45) is 0. The molecule has 1 aromatic heterocycles. The minimum Gasteiger partial charge on any atom is -0.435 e. The molecule has 0 aliphatic heterocycles. The van der Waals surface area contributed by atoms with Crippen molar-refractivity contribution in [2.24, 2.45) is 0 Å². The third-order valence-corrected chi connectivity index (χ3v) is 4.14. The summed E-state index contributed by atoms with van der Waals surface area (Å²) >= 11 is 5.72. The molecule has 0 saturated carbocycles. The molecule has 0 aliphatic rings. The number of hydrogen-bond acceptors (Lipinski definition) is 4. The van der Waals surface area contributed by atoms with E-state index < -0.39 is 18.3 Å². The Bertz CT molecular complexity index is 993. The van der Waals surface area contributed by atoms with Crippen LogP contribution >= 0.6 is 11.6 Å². The first-order valence-corrected chi connectivity index (χ1v) is 8.42. The molecule has 0 atom stereocenters. The van der Waals surface area contributed by atoms with Crippen LogP contribution in [0.2, 0.25) is 5.02 Å². The van der Waals surface area contributed by atoms with Crippen molar-refractivity contribution in [1.82, 2.24) is 20.3 Å². The summed E-state index contributed by atoms with van der Waals surface area (Å²) in [5.41, 5.74) is 1.70. The number of carbonyl (C=O) groups is 1. The highest BCUT2D eigenvalue weighted by Crippen LogP contribution is 2.19. The summed E-state index contributed by atoms with van der Waals surface area (Å²) in [5, 5.41) is 10.4. The Hall–Kier alpha value is -3.07. The summed E-state index contributed by atoms with van der Waals surface area (Å²) in [5.74, 6) is -1.00. The van der Waals surface area contributed by atoms with E-state index in [0.29, 0.717) is 16.9 Å². The number of aromatic nitrogens is 3. The molecule has 28 heavy (non-hydrogen) atoms. The van der Waals surface area contributed by atoms with Gasteiger partial charge < -0.3 is 10.1 Å². The number of benzene rings is 2. The van der Waals surface area contributed by atoms with Crippen LogP contribution in [0, 0.1) is 12.7 Å². The Morgan fingerprint density at radius 1 is 1.25 bits per heavy atom. The second kappa shape index (κ2) is 8.30. The van der Waals surface area contributed by atoms with Crippen LogP contribution in [0.3, 0.4) is 0 Å². The number of ether oxygens (including phenoxy) is 1. The van der Waals surface area contributed by atoms with Gasteiger partial charge in [-0.2, -0.15) is 8.78 Å². The molecule has 3 aromatic rings. The first-order chi connectivity index (χ1) is 13.3. The van der Waals surface area contributed by atoms with Gasteiger partial charge >= 0.3 is 6.61 Å². The first-order valence-electron chi connectivity index (χ1n) is 8.05. The molecule has 0 aliphatic carbocycles. The maximum Gasteiger partial charge on any atom is 0.387 e. The number of halogens is 4. The van der Waals surface area contributed by atoms with Crippen molar-refractivity contribution in [3.8, 4) is 11.4 Å². The molecule has 1 N–H and O–H groups in total. The van der Waals surface area contributed by atoms with E-state index in [-0.39, 0.29) is 23.0 Å². The standard InChI is InChI=1S/C18H14ClF3N4O2/c1-10-16(17(27)23-9-11-2-7-15(20)14(19)8-11)24-25-26(10)12-3-5-13(6-4-12)28-18(21)22/h2-8,18H,9H2,1H3,(H,23,27). The Labute approximate surface area is 162 Å². The Balaban J connectivity index is 1.71. The largest absolute Gasteiger partial charge is 0.435 e. The molecular weight excluding hydrogens is 397 g/mol. The van der Waals surface area contributed by atoms with Crippen molar-refractivity contribution >= 4 is 17.5 Å². The summed E-state index contributed by atoms with van der Waals surface area (Å²) in [6, 6.07) is 9.90. The topological polar surface area (TPSA) is 69.0 Å². The maximum absolute atomic E-state index is 13.2. The van der Waals surface area contributed by atoms with Crippen molar-refractivity contribution in [2.45, 2.75) is 20.1 Å². The molecule has 0 bridgehead atoms. The predicted molar refractivity (Wildman–Crippen MR) is 95.3 cm³/mol. The van der Waals surface area contributed by atoms with E-state index >= 15 is 0 Å². The molecule has 6 nitrogen and oxygen atoms in total. The quantitative estimate of drug-likeness (QED) is 0.669. The normalized spacial score (nSPS) is 10.9. The fourth-order valence-corrected chi connectivity index (χ4v) is 2.67. The second-order valence-electron chi connectivity index (χ2n) is 5.74. The average molecular weight is 411 g/mol. The van der Waals surface area contributed by atoms with E-state index in [0.717, 1.165) is 0 Å².